The van der Waals surface area contributed by atoms with Gasteiger partial charge in [0.2, 0.25) is 11.8 Å². The Morgan fingerprint density at radius 3 is 2.55 bits per heavy atom. The molecule has 1 aliphatic heterocycles. The number of ketones is 1. The van der Waals surface area contributed by atoms with Crippen molar-refractivity contribution in [2.24, 2.45) is 5.92 Å². The second-order valence-corrected chi connectivity index (χ2v) is 5.98. The Hall–Kier alpha value is -2.01. The molecule has 0 radical (unpaired) electrons. The normalized spacial score (nSPS) is 17.2. The highest BCUT2D eigenvalue weighted by Gasteiger charge is 2.27. The molecule has 1 fully saturated rings. The highest BCUT2D eigenvalue weighted by Crippen LogP contribution is 2.21. The Balaban J connectivity index is 1.82. The molecular formula is C17H21NO4. The van der Waals surface area contributed by atoms with Gasteiger partial charge in [-0.3, -0.25) is 19.7 Å². The van der Waals surface area contributed by atoms with E-state index in [0.29, 0.717) is 12.8 Å². The van der Waals surface area contributed by atoms with Crippen LogP contribution in [0.2, 0.25) is 0 Å². The second kappa shape index (κ2) is 7.31. The van der Waals surface area contributed by atoms with Crippen molar-refractivity contribution in [1.82, 2.24) is 5.32 Å². The maximum atomic E-state index is 12.0. The zero-order valence-corrected chi connectivity index (χ0v) is 12.7. The predicted octanol–water partition coefficient (Wildman–Crippen LogP) is 1.30. The Kier molecular flexibility index (Phi) is 5.44. The van der Waals surface area contributed by atoms with Gasteiger partial charge < -0.3 is 5.11 Å². The van der Waals surface area contributed by atoms with Crippen molar-refractivity contribution in [3.63, 3.8) is 0 Å². The number of piperidine rings is 1. The van der Waals surface area contributed by atoms with E-state index in [9.17, 15) is 19.5 Å². The lowest BCUT2D eigenvalue weighted by molar-refractivity contribution is -0.135. The highest BCUT2D eigenvalue weighted by atomic mass is 16.3. The minimum Gasteiger partial charge on any atom is -0.393 e. The molecule has 2 amide bonds. The largest absolute Gasteiger partial charge is 0.393 e. The van der Waals surface area contributed by atoms with Crippen LogP contribution >= 0.6 is 0 Å². The third-order valence-electron chi connectivity index (χ3n) is 3.94. The summed E-state index contributed by atoms with van der Waals surface area (Å²) in [6.45, 7) is 1.95. The zero-order valence-electron chi connectivity index (χ0n) is 12.7. The third-order valence-corrected chi connectivity index (χ3v) is 3.94. The molecule has 118 valence electrons. The van der Waals surface area contributed by atoms with E-state index in [1.165, 1.54) is 0 Å². The number of carbonyl (C=O) groups is 3. The van der Waals surface area contributed by atoms with Crippen LogP contribution in [-0.2, 0) is 20.8 Å². The molecule has 0 spiro atoms. The van der Waals surface area contributed by atoms with E-state index in [-0.39, 0.29) is 42.8 Å². The summed E-state index contributed by atoms with van der Waals surface area (Å²) in [4.78, 5) is 34.6. The summed E-state index contributed by atoms with van der Waals surface area (Å²) in [6.07, 6.45) is 0.316. The average Bonchev–Trinajstić information content (AvgIpc) is 2.39. The number of imide groups is 1. The summed E-state index contributed by atoms with van der Waals surface area (Å²) in [5, 5.41) is 12.3. The minimum absolute atomic E-state index is 0.0339. The van der Waals surface area contributed by atoms with Crippen LogP contribution < -0.4 is 5.32 Å². The molecule has 0 aromatic heterocycles. The molecule has 2 rings (SSSR count). The standard InChI is InChI=1S/C17H21NO4/c1-11-4-2-3-5-13(11)9-15(20)10-14(19)6-12-7-16(21)18-17(22)8-12/h2-5,12,14,19H,6-10H2,1H3,(H,18,21,22). The lowest BCUT2D eigenvalue weighted by Gasteiger charge is -2.22. The zero-order chi connectivity index (χ0) is 16.1. The molecular weight excluding hydrogens is 282 g/mol. The molecule has 1 aromatic carbocycles. The SMILES string of the molecule is Cc1ccccc1CC(=O)CC(O)CC1CC(=O)NC(=O)C1. The lowest BCUT2D eigenvalue weighted by Crippen LogP contribution is -2.39. The molecule has 0 aliphatic carbocycles. The van der Waals surface area contributed by atoms with Crippen molar-refractivity contribution in [2.45, 2.75) is 45.1 Å². The van der Waals surface area contributed by atoms with Crippen LogP contribution in [0.15, 0.2) is 24.3 Å². The number of hydrogen-bond donors (Lipinski definition) is 2. The molecule has 1 saturated heterocycles. The van der Waals surface area contributed by atoms with Crippen molar-refractivity contribution < 1.29 is 19.5 Å². The third kappa shape index (κ3) is 4.77. The Morgan fingerprint density at radius 1 is 1.27 bits per heavy atom. The van der Waals surface area contributed by atoms with Crippen molar-refractivity contribution in [2.75, 3.05) is 0 Å². The fourth-order valence-corrected chi connectivity index (χ4v) is 2.84. The summed E-state index contributed by atoms with van der Waals surface area (Å²) in [6, 6.07) is 7.66. The van der Waals surface area contributed by atoms with Crippen LogP contribution in [-0.4, -0.2) is 28.8 Å². The maximum absolute atomic E-state index is 12.0. The van der Waals surface area contributed by atoms with Gasteiger partial charge in [0.25, 0.3) is 0 Å². The molecule has 1 aliphatic rings. The van der Waals surface area contributed by atoms with Gasteiger partial charge in [-0.1, -0.05) is 24.3 Å². The van der Waals surface area contributed by atoms with Crippen LogP contribution in [0.5, 0.6) is 0 Å². The number of carbonyl (C=O) groups excluding carboxylic acids is 3. The Morgan fingerprint density at radius 2 is 1.91 bits per heavy atom. The molecule has 0 saturated carbocycles. The smallest absolute Gasteiger partial charge is 0.226 e. The van der Waals surface area contributed by atoms with Crippen LogP contribution in [0.4, 0.5) is 0 Å². The summed E-state index contributed by atoms with van der Waals surface area (Å²) in [5.74, 6) is -0.824. The number of nitrogens with one attached hydrogen (secondary N) is 1. The number of aliphatic hydroxyl groups is 1. The first-order chi connectivity index (χ1) is 10.4. The molecule has 1 heterocycles. The average molecular weight is 303 g/mol. The number of Topliss-reactive ketones (excluding diaryl/α,β-unsaturated/α-hetero) is 1. The van der Waals surface area contributed by atoms with Crippen LogP contribution in [0.3, 0.4) is 0 Å². The van der Waals surface area contributed by atoms with E-state index in [1.54, 1.807) is 0 Å². The van der Waals surface area contributed by atoms with Gasteiger partial charge in [0.05, 0.1) is 6.10 Å². The molecule has 0 bridgehead atoms. The highest BCUT2D eigenvalue weighted by molar-refractivity contribution is 5.97. The van der Waals surface area contributed by atoms with Gasteiger partial charge in [-0.25, -0.2) is 0 Å². The first-order valence-corrected chi connectivity index (χ1v) is 7.51. The van der Waals surface area contributed by atoms with E-state index in [2.05, 4.69) is 5.32 Å². The molecule has 1 atom stereocenters. The van der Waals surface area contributed by atoms with Gasteiger partial charge >= 0.3 is 0 Å². The minimum atomic E-state index is -0.805. The predicted molar refractivity (Wildman–Crippen MR) is 81.0 cm³/mol. The number of benzene rings is 1. The van der Waals surface area contributed by atoms with Gasteiger partial charge in [0.15, 0.2) is 0 Å². The number of hydrogen-bond acceptors (Lipinski definition) is 4. The molecule has 5 nitrogen and oxygen atoms in total. The van der Waals surface area contributed by atoms with E-state index >= 15 is 0 Å². The van der Waals surface area contributed by atoms with Crippen molar-refractivity contribution in [1.29, 1.82) is 0 Å². The number of rotatable bonds is 6. The number of aryl methyl sites for hydroxylation is 1. The molecule has 1 aromatic rings. The lowest BCUT2D eigenvalue weighted by atomic mass is 9.89. The topological polar surface area (TPSA) is 83.5 Å². The molecule has 5 heteroatoms. The number of aliphatic hydroxyl groups excluding tert-OH is 1. The van der Waals surface area contributed by atoms with Crippen LogP contribution in [0.25, 0.3) is 0 Å². The molecule has 22 heavy (non-hydrogen) atoms. The van der Waals surface area contributed by atoms with Crippen LogP contribution in [0, 0.1) is 12.8 Å². The molecule has 2 N–H and O–H groups in total. The van der Waals surface area contributed by atoms with Gasteiger partial charge in [0.1, 0.15) is 5.78 Å². The molecule has 1 unspecified atom stereocenters. The number of amides is 2. The van der Waals surface area contributed by atoms with Gasteiger partial charge in [-0.05, 0) is 30.4 Å². The van der Waals surface area contributed by atoms with Crippen molar-refractivity contribution in [3.8, 4) is 0 Å². The van der Waals surface area contributed by atoms with E-state index in [1.807, 2.05) is 31.2 Å². The van der Waals surface area contributed by atoms with E-state index < -0.39 is 6.10 Å². The fourth-order valence-electron chi connectivity index (χ4n) is 2.84. The monoisotopic (exact) mass is 303 g/mol. The summed E-state index contributed by atoms with van der Waals surface area (Å²) >= 11 is 0. The van der Waals surface area contributed by atoms with E-state index in [4.69, 9.17) is 0 Å². The summed E-state index contributed by atoms with van der Waals surface area (Å²) in [5.41, 5.74) is 2.02. The van der Waals surface area contributed by atoms with Gasteiger partial charge in [0, 0.05) is 25.7 Å². The first-order valence-electron chi connectivity index (χ1n) is 7.51. The van der Waals surface area contributed by atoms with Crippen molar-refractivity contribution in [3.05, 3.63) is 35.4 Å². The van der Waals surface area contributed by atoms with E-state index in [0.717, 1.165) is 11.1 Å². The first kappa shape index (κ1) is 16.4. The van der Waals surface area contributed by atoms with Crippen molar-refractivity contribution >= 4 is 17.6 Å². The fraction of sp³-hybridized carbons (Fsp3) is 0.471. The Bertz CT molecular complexity index is 566. The van der Waals surface area contributed by atoms with Gasteiger partial charge in [-0.2, -0.15) is 0 Å². The quantitative estimate of drug-likeness (QED) is 0.776. The summed E-state index contributed by atoms with van der Waals surface area (Å²) < 4.78 is 0. The second-order valence-electron chi connectivity index (χ2n) is 5.98. The van der Waals surface area contributed by atoms with Gasteiger partial charge in [-0.15, -0.1) is 0 Å². The van der Waals surface area contributed by atoms with Crippen LogP contribution in [0.1, 0.15) is 36.8 Å². The Labute approximate surface area is 129 Å². The maximum Gasteiger partial charge on any atom is 0.226 e. The summed E-state index contributed by atoms with van der Waals surface area (Å²) in [7, 11) is 0.